The van der Waals surface area contributed by atoms with Crippen LogP contribution in [-0.4, -0.2) is 28.9 Å². The number of imidazole rings is 1. The minimum atomic E-state index is -0.148. The number of rotatable bonds is 4. The molecule has 1 fully saturated rings. The molecular formula is C15H17BrN6O. The average molecular weight is 377 g/mol. The van der Waals surface area contributed by atoms with Gasteiger partial charge in [-0.05, 0) is 48.5 Å². The van der Waals surface area contributed by atoms with Crippen molar-refractivity contribution in [2.75, 3.05) is 0 Å². The Balaban J connectivity index is 1.89. The Kier molecular flexibility index (Phi) is 3.37. The fraction of sp³-hybridized carbons (Fsp3) is 0.467. The zero-order chi connectivity index (χ0) is 16.1. The van der Waals surface area contributed by atoms with Gasteiger partial charge in [-0.1, -0.05) is 0 Å². The van der Waals surface area contributed by atoms with Crippen molar-refractivity contribution in [2.45, 2.75) is 39.3 Å². The van der Waals surface area contributed by atoms with Crippen molar-refractivity contribution in [3.05, 3.63) is 33.5 Å². The fourth-order valence-corrected chi connectivity index (χ4v) is 3.08. The van der Waals surface area contributed by atoms with Crippen LogP contribution in [0.5, 0.6) is 0 Å². The highest BCUT2D eigenvalue weighted by Gasteiger charge is 2.23. The maximum absolute atomic E-state index is 12.8. The highest BCUT2D eigenvalue weighted by Crippen LogP contribution is 2.30. The standard InChI is InChI=1S/C15H17BrN6O/c1-9(2)21-13(11-5-18-20(8-11)7-10-3-4-10)19-22-12(16)6-17-14(22)15(21)23/h5-6,8-10H,3-4,7H2,1-2H3. The van der Waals surface area contributed by atoms with E-state index in [4.69, 9.17) is 0 Å². The van der Waals surface area contributed by atoms with E-state index < -0.39 is 0 Å². The summed E-state index contributed by atoms with van der Waals surface area (Å²) in [5, 5.41) is 9.03. The van der Waals surface area contributed by atoms with Crippen LogP contribution < -0.4 is 5.56 Å². The van der Waals surface area contributed by atoms with Crippen LogP contribution in [0.25, 0.3) is 17.0 Å². The second-order valence-electron chi connectivity index (χ2n) is 6.30. The first-order chi connectivity index (χ1) is 11.0. The molecule has 1 saturated carbocycles. The lowest BCUT2D eigenvalue weighted by Gasteiger charge is -2.14. The molecule has 0 bridgehead atoms. The number of hydrogen-bond donors (Lipinski definition) is 0. The van der Waals surface area contributed by atoms with Crippen molar-refractivity contribution in [3.63, 3.8) is 0 Å². The fourth-order valence-electron chi connectivity index (χ4n) is 2.73. The topological polar surface area (TPSA) is 70.0 Å². The van der Waals surface area contributed by atoms with Gasteiger partial charge in [0.15, 0.2) is 5.82 Å². The molecule has 0 saturated heterocycles. The summed E-state index contributed by atoms with van der Waals surface area (Å²) >= 11 is 3.38. The quantitative estimate of drug-likeness (QED) is 0.701. The smallest absolute Gasteiger partial charge is 0.285 e. The minimum Gasteiger partial charge on any atom is -0.285 e. The molecule has 0 amide bonds. The van der Waals surface area contributed by atoms with Crippen molar-refractivity contribution < 1.29 is 0 Å². The van der Waals surface area contributed by atoms with E-state index in [1.807, 2.05) is 24.7 Å². The predicted octanol–water partition coefficient (Wildman–Crippen LogP) is 2.51. The molecule has 0 N–H and O–H groups in total. The van der Waals surface area contributed by atoms with Gasteiger partial charge in [0, 0.05) is 18.8 Å². The SMILES string of the molecule is CC(C)n1c(-c2cnn(CC3CC3)c2)nn2c(Br)cnc2c1=O. The molecular weight excluding hydrogens is 360 g/mol. The minimum absolute atomic E-state index is 0.0164. The van der Waals surface area contributed by atoms with Crippen LogP contribution in [0, 0.1) is 5.92 Å². The molecule has 3 aromatic heterocycles. The van der Waals surface area contributed by atoms with Crippen LogP contribution in [0.2, 0.25) is 0 Å². The summed E-state index contributed by atoms with van der Waals surface area (Å²) in [5.41, 5.74) is 1.02. The molecule has 0 radical (unpaired) electrons. The Labute approximate surface area is 141 Å². The average Bonchev–Trinajstić information content (AvgIpc) is 3.05. The first-order valence-corrected chi connectivity index (χ1v) is 8.52. The second-order valence-corrected chi connectivity index (χ2v) is 7.12. The maximum Gasteiger partial charge on any atom is 0.297 e. The summed E-state index contributed by atoms with van der Waals surface area (Å²) in [4.78, 5) is 16.9. The van der Waals surface area contributed by atoms with Gasteiger partial charge in [-0.2, -0.15) is 9.61 Å². The summed E-state index contributed by atoms with van der Waals surface area (Å²) in [6, 6.07) is -0.0164. The maximum atomic E-state index is 12.8. The summed E-state index contributed by atoms with van der Waals surface area (Å²) < 4.78 is 5.81. The van der Waals surface area contributed by atoms with Crippen LogP contribution in [0.15, 0.2) is 28.0 Å². The second kappa shape index (κ2) is 5.30. The van der Waals surface area contributed by atoms with Gasteiger partial charge >= 0.3 is 0 Å². The van der Waals surface area contributed by atoms with Gasteiger partial charge in [-0.15, -0.1) is 5.10 Å². The van der Waals surface area contributed by atoms with E-state index in [9.17, 15) is 4.79 Å². The van der Waals surface area contributed by atoms with E-state index >= 15 is 0 Å². The summed E-state index contributed by atoms with van der Waals surface area (Å²) in [6.07, 6.45) is 7.89. The van der Waals surface area contributed by atoms with Crippen LogP contribution in [-0.2, 0) is 6.54 Å². The zero-order valence-corrected chi connectivity index (χ0v) is 14.6. The molecule has 0 atom stereocenters. The molecule has 23 heavy (non-hydrogen) atoms. The third-order valence-corrected chi connectivity index (χ3v) is 4.62. The Bertz CT molecular complexity index is 933. The highest BCUT2D eigenvalue weighted by atomic mass is 79.9. The van der Waals surface area contributed by atoms with Gasteiger partial charge in [0.1, 0.15) is 4.60 Å². The van der Waals surface area contributed by atoms with Crippen LogP contribution in [0.3, 0.4) is 0 Å². The van der Waals surface area contributed by atoms with Crippen molar-refractivity contribution in [1.82, 2.24) is 28.9 Å². The lowest BCUT2D eigenvalue weighted by molar-refractivity contribution is 0.560. The molecule has 7 nitrogen and oxygen atoms in total. The van der Waals surface area contributed by atoms with Gasteiger partial charge in [-0.3, -0.25) is 14.0 Å². The molecule has 3 aromatic rings. The molecule has 0 unspecified atom stereocenters. The Morgan fingerprint density at radius 3 is 2.83 bits per heavy atom. The van der Waals surface area contributed by atoms with Gasteiger partial charge < -0.3 is 0 Å². The van der Waals surface area contributed by atoms with Gasteiger partial charge in [0.25, 0.3) is 5.56 Å². The molecule has 0 aromatic carbocycles. The molecule has 4 rings (SSSR count). The van der Waals surface area contributed by atoms with Crippen LogP contribution in [0.4, 0.5) is 0 Å². The van der Waals surface area contributed by atoms with Gasteiger partial charge in [0.2, 0.25) is 5.65 Å². The van der Waals surface area contributed by atoms with E-state index in [-0.39, 0.29) is 11.6 Å². The molecule has 1 aliphatic carbocycles. The summed E-state index contributed by atoms with van der Waals surface area (Å²) in [7, 11) is 0. The number of nitrogens with zero attached hydrogens (tertiary/aromatic N) is 6. The van der Waals surface area contributed by atoms with Crippen molar-refractivity contribution in [1.29, 1.82) is 0 Å². The number of halogens is 1. The summed E-state index contributed by atoms with van der Waals surface area (Å²) in [6.45, 7) is 4.87. The first-order valence-electron chi connectivity index (χ1n) is 7.73. The van der Waals surface area contributed by atoms with Gasteiger partial charge in [-0.25, -0.2) is 4.98 Å². The third kappa shape index (κ3) is 2.50. The van der Waals surface area contributed by atoms with Crippen molar-refractivity contribution in [2.24, 2.45) is 5.92 Å². The Morgan fingerprint density at radius 1 is 1.35 bits per heavy atom. The molecule has 1 aliphatic rings. The molecule has 8 heteroatoms. The molecule has 3 heterocycles. The van der Waals surface area contributed by atoms with Crippen molar-refractivity contribution >= 4 is 21.6 Å². The largest absolute Gasteiger partial charge is 0.297 e. The monoisotopic (exact) mass is 376 g/mol. The third-order valence-electron chi connectivity index (χ3n) is 4.08. The van der Waals surface area contributed by atoms with Crippen molar-refractivity contribution in [3.8, 4) is 11.4 Å². The molecule has 0 aliphatic heterocycles. The lowest BCUT2D eigenvalue weighted by atomic mass is 10.3. The first kappa shape index (κ1) is 14.6. The number of aromatic nitrogens is 6. The lowest BCUT2D eigenvalue weighted by Crippen LogP contribution is -2.27. The van der Waals surface area contributed by atoms with E-state index in [0.29, 0.717) is 16.1 Å². The van der Waals surface area contributed by atoms with E-state index in [1.165, 1.54) is 17.4 Å². The normalized spacial score (nSPS) is 15.0. The van der Waals surface area contributed by atoms with E-state index in [0.717, 1.165) is 18.0 Å². The highest BCUT2D eigenvalue weighted by molar-refractivity contribution is 9.10. The Hall–Kier alpha value is -1.96. The number of hydrogen-bond acceptors (Lipinski definition) is 4. The van der Waals surface area contributed by atoms with Gasteiger partial charge in [0.05, 0.1) is 18.0 Å². The van der Waals surface area contributed by atoms with E-state index in [1.54, 1.807) is 17.0 Å². The van der Waals surface area contributed by atoms with Crippen LogP contribution >= 0.6 is 15.9 Å². The summed E-state index contributed by atoms with van der Waals surface area (Å²) in [5.74, 6) is 1.35. The van der Waals surface area contributed by atoms with E-state index in [2.05, 4.69) is 31.1 Å². The predicted molar refractivity (Wildman–Crippen MR) is 89.3 cm³/mol. The van der Waals surface area contributed by atoms with Crippen LogP contribution in [0.1, 0.15) is 32.7 Å². The molecule has 120 valence electrons. The Morgan fingerprint density at radius 2 is 2.13 bits per heavy atom. The molecule has 0 spiro atoms. The zero-order valence-electron chi connectivity index (χ0n) is 13.0. The number of fused-ring (bicyclic) bond motifs is 1.